The summed E-state index contributed by atoms with van der Waals surface area (Å²) in [4.78, 5) is 11.4. The third kappa shape index (κ3) is 18.9. The molecule has 0 radical (unpaired) electrons. The molecule has 0 fully saturated rings. The number of terminal acetylenes is 1. The summed E-state index contributed by atoms with van der Waals surface area (Å²) in [6, 6.07) is 0. The van der Waals surface area contributed by atoms with Crippen molar-refractivity contribution >= 4 is 5.97 Å². The van der Waals surface area contributed by atoms with Gasteiger partial charge in [0.15, 0.2) is 0 Å². The molecule has 3 heteroatoms. The van der Waals surface area contributed by atoms with Gasteiger partial charge in [-0.15, -0.1) is 12.3 Å². The van der Waals surface area contributed by atoms with Crippen LogP contribution in [0.15, 0.2) is 0 Å². The van der Waals surface area contributed by atoms with Crippen LogP contribution in [0.4, 0.5) is 0 Å². The Labute approximate surface area is 143 Å². The highest BCUT2D eigenvalue weighted by atomic mass is 16.5. The van der Waals surface area contributed by atoms with Gasteiger partial charge in [0.05, 0.1) is 6.61 Å². The largest absolute Gasteiger partial charge is 0.466 e. The smallest absolute Gasteiger partial charge is 0.305 e. The summed E-state index contributed by atoms with van der Waals surface area (Å²) in [6.07, 6.45) is 21.5. The monoisotopic (exact) mass is 324 g/mol. The van der Waals surface area contributed by atoms with Gasteiger partial charge in [0.25, 0.3) is 0 Å². The summed E-state index contributed by atoms with van der Waals surface area (Å²) < 4.78 is 5.20. The topological polar surface area (TPSA) is 46.5 Å². The fraction of sp³-hybridized carbons (Fsp3) is 0.850. The molecule has 0 rings (SSSR count). The molecule has 23 heavy (non-hydrogen) atoms. The number of carbonyl (C=O) groups is 1. The molecule has 0 spiro atoms. The van der Waals surface area contributed by atoms with Gasteiger partial charge in [0.2, 0.25) is 0 Å². The molecule has 0 aliphatic rings. The van der Waals surface area contributed by atoms with Crippen LogP contribution in [0.1, 0.15) is 96.3 Å². The van der Waals surface area contributed by atoms with E-state index in [9.17, 15) is 4.79 Å². The van der Waals surface area contributed by atoms with Crippen LogP contribution in [0.5, 0.6) is 0 Å². The second-order valence-corrected chi connectivity index (χ2v) is 6.24. The minimum absolute atomic E-state index is 0.0900. The maximum absolute atomic E-state index is 11.4. The van der Waals surface area contributed by atoms with E-state index in [-0.39, 0.29) is 12.6 Å². The van der Waals surface area contributed by atoms with Crippen LogP contribution in [-0.4, -0.2) is 24.3 Å². The highest BCUT2D eigenvalue weighted by molar-refractivity contribution is 5.69. The maximum atomic E-state index is 11.4. The van der Waals surface area contributed by atoms with Gasteiger partial charge in [-0.1, -0.05) is 57.8 Å². The van der Waals surface area contributed by atoms with E-state index in [0.29, 0.717) is 13.0 Å². The van der Waals surface area contributed by atoms with Crippen LogP contribution in [0.25, 0.3) is 0 Å². The molecule has 0 saturated heterocycles. The predicted molar refractivity (Wildman–Crippen MR) is 96.1 cm³/mol. The van der Waals surface area contributed by atoms with Crippen molar-refractivity contribution in [3.8, 4) is 12.3 Å². The first-order chi connectivity index (χ1) is 11.3. The van der Waals surface area contributed by atoms with Gasteiger partial charge in [-0.25, -0.2) is 0 Å². The van der Waals surface area contributed by atoms with Crippen molar-refractivity contribution in [3.05, 3.63) is 0 Å². The number of esters is 1. The lowest BCUT2D eigenvalue weighted by Gasteiger charge is -2.05. The van der Waals surface area contributed by atoms with E-state index in [1.165, 1.54) is 51.4 Å². The number of rotatable bonds is 17. The Morgan fingerprint density at radius 3 is 1.87 bits per heavy atom. The van der Waals surface area contributed by atoms with Gasteiger partial charge in [0.1, 0.15) is 0 Å². The Morgan fingerprint density at radius 2 is 1.30 bits per heavy atom. The molecule has 0 amide bonds. The molecule has 0 heterocycles. The molecule has 0 aromatic heterocycles. The summed E-state index contributed by atoms with van der Waals surface area (Å²) in [6.45, 7) is 0.773. The van der Waals surface area contributed by atoms with Crippen molar-refractivity contribution < 1.29 is 14.6 Å². The van der Waals surface area contributed by atoms with Crippen molar-refractivity contribution in [2.24, 2.45) is 0 Å². The quantitative estimate of drug-likeness (QED) is 0.232. The fourth-order valence-corrected chi connectivity index (χ4v) is 2.56. The number of carbonyl (C=O) groups excluding carboxylic acids is 1. The molecule has 0 unspecified atom stereocenters. The number of unbranched alkanes of at least 4 members (excludes halogenated alkanes) is 12. The summed E-state index contributed by atoms with van der Waals surface area (Å²) in [5, 5.41) is 8.64. The molecule has 0 aromatic carbocycles. The van der Waals surface area contributed by atoms with E-state index in [4.69, 9.17) is 16.3 Å². The zero-order valence-corrected chi connectivity index (χ0v) is 14.9. The molecule has 0 bridgehead atoms. The SMILES string of the molecule is C#CCCCCCCCCCCCCOC(=O)CCCCCO. The van der Waals surface area contributed by atoms with Crippen LogP contribution in [0, 0.1) is 12.3 Å². The Hall–Kier alpha value is -1.01. The molecule has 0 aliphatic carbocycles. The van der Waals surface area contributed by atoms with E-state index in [1.807, 2.05) is 0 Å². The molecule has 134 valence electrons. The summed E-state index contributed by atoms with van der Waals surface area (Å²) in [7, 11) is 0. The van der Waals surface area contributed by atoms with Gasteiger partial charge >= 0.3 is 5.97 Å². The third-order valence-corrected chi connectivity index (χ3v) is 4.02. The molecule has 0 atom stereocenters. The molecular weight excluding hydrogens is 288 g/mol. The average molecular weight is 325 g/mol. The highest BCUT2D eigenvalue weighted by Crippen LogP contribution is 2.11. The van der Waals surface area contributed by atoms with Gasteiger partial charge in [-0.2, -0.15) is 0 Å². The van der Waals surface area contributed by atoms with Crippen molar-refractivity contribution in [3.63, 3.8) is 0 Å². The van der Waals surface area contributed by atoms with Gasteiger partial charge in [-0.05, 0) is 25.7 Å². The van der Waals surface area contributed by atoms with Crippen LogP contribution in [0.2, 0.25) is 0 Å². The first-order valence-electron chi connectivity index (χ1n) is 9.51. The van der Waals surface area contributed by atoms with E-state index < -0.39 is 0 Å². The van der Waals surface area contributed by atoms with E-state index in [1.54, 1.807) is 0 Å². The number of aliphatic hydroxyl groups is 1. The zero-order valence-electron chi connectivity index (χ0n) is 14.9. The summed E-state index contributed by atoms with van der Waals surface area (Å²) >= 11 is 0. The second kappa shape index (κ2) is 19.0. The van der Waals surface area contributed by atoms with Crippen molar-refractivity contribution in [2.75, 3.05) is 13.2 Å². The first kappa shape index (κ1) is 22.0. The first-order valence-corrected chi connectivity index (χ1v) is 9.51. The fourth-order valence-electron chi connectivity index (χ4n) is 2.56. The van der Waals surface area contributed by atoms with E-state index in [2.05, 4.69) is 5.92 Å². The van der Waals surface area contributed by atoms with Gasteiger partial charge < -0.3 is 9.84 Å². The minimum Gasteiger partial charge on any atom is -0.466 e. The average Bonchev–Trinajstić information content (AvgIpc) is 2.56. The lowest BCUT2D eigenvalue weighted by molar-refractivity contribution is -0.143. The normalized spacial score (nSPS) is 10.4. The Morgan fingerprint density at radius 1 is 0.783 bits per heavy atom. The zero-order chi connectivity index (χ0) is 17.0. The molecular formula is C20H36O3. The van der Waals surface area contributed by atoms with Crippen LogP contribution in [0.3, 0.4) is 0 Å². The lowest BCUT2D eigenvalue weighted by Crippen LogP contribution is -2.05. The number of aliphatic hydroxyl groups excluding tert-OH is 1. The Kier molecular flexibility index (Phi) is 18.2. The number of hydrogen-bond acceptors (Lipinski definition) is 3. The Bertz CT molecular complexity index is 294. The third-order valence-electron chi connectivity index (χ3n) is 4.02. The van der Waals surface area contributed by atoms with Crippen molar-refractivity contribution in [1.29, 1.82) is 0 Å². The van der Waals surface area contributed by atoms with Crippen LogP contribution < -0.4 is 0 Å². The molecule has 0 aliphatic heterocycles. The van der Waals surface area contributed by atoms with E-state index >= 15 is 0 Å². The van der Waals surface area contributed by atoms with Gasteiger partial charge in [0, 0.05) is 19.4 Å². The molecule has 1 N–H and O–H groups in total. The summed E-state index contributed by atoms with van der Waals surface area (Å²) in [5.41, 5.74) is 0. The predicted octanol–water partition coefficient (Wildman–Crippen LogP) is 5.01. The van der Waals surface area contributed by atoms with Crippen molar-refractivity contribution in [2.45, 2.75) is 96.3 Å². The molecule has 0 saturated carbocycles. The standard InChI is InChI=1S/C20H36O3/c1-2-3-4-5-6-7-8-9-10-11-12-16-19-23-20(22)17-14-13-15-18-21/h1,21H,3-19H2. The van der Waals surface area contributed by atoms with Crippen LogP contribution in [-0.2, 0) is 9.53 Å². The minimum atomic E-state index is -0.0900. The van der Waals surface area contributed by atoms with Crippen molar-refractivity contribution in [1.82, 2.24) is 0 Å². The molecule has 0 aromatic rings. The molecule has 3 nitrogen and oxygen atoms in total. The van der Waals surface area contributed by atoms with Gasteiger partial charge in [-0.3, -0.25) is 4.79 Å². The number of ether oxygens (including phenoxy) is 1. The van der Waals surface area contributed by atoms with Crippen LogP contribution >= 0.6 is 0 Å². The number of hydrogen-bond donors (Lipinski definition) is 1. The van der Waals surface area contributed by atoms with E-state index in [0.717, 1.165) is 38.5 Å². The second-order valence-electron chi connectivity index (χ2n) is 6.24. The maximum Gasteiger partial charge on any atom is 0.305 e. The lowest BCUT2D eigenvalue weighted by atomic mass is 10.1. The summed E-state index contributed by atoms with van der Waals surface area (Å²) in [5.74, 6) is 2.59. The Balaban J connectivity index is 3.10. The highest BCUT2D eigenvalue weighted by Gasteiger charge is 2.02.